The van der Waals surface area contributed by atoms with Gasteiger partial charge in [0.05, 0.1) is 22.5 Å². The molecule has 5 nitrogen and oxygen atoms in total. The van der Waals surface area contributed by atoms with Crippen LogP contribution in [0.5, 0.6) is 5.75 Å². The molecule has 1 amide bonds. The van der Waals surface area contributed by atoms with E-state index in [1.807, 2.05) is 6.07 Å². The summed E-state index contributed by atoms with van der Waals surface area (Å²) in [5, 5.41) is 4.81. The number of hydrogen-bond acceptors (Lipinski definition) is 4. The summed E-state index contributed by atoms with van der Waals surface area (Å²) in [4.78, 5) is 12.0. The number of ether oxygens (including phenoxy) is 1. The van der Waals surface area contributed by atoms with Crippen molar-refractivity contribution >= 4 is 35.3 Å². The van der Waals surface area contributed by atoms with Gasteiger partial charge >= 0.3 is 0 Å². The monoisotopic (exact) mass is 388 g/mol. The fourth-order valence-electron chi connectivity index (χ4n) is 2.08. The van der Waals surface area contributed by atoms with Crippen LogP contribution in [0.15, 0.2) is 70.4 Å². The maximum Gasteiger partial charge on any atom is 0.271 e. The lowest BCUT2D eigenvalue weighted by Crippen LogP contribution is -2.17. The first kappa shape index (κ1) is 18.0. The van der Waals surface area contributed by atoms with Gasteiger partial charge in [0, 0.05) is 5.56 Å². The molecule has 3 aromatic rings. The fraction of sp³-hybridized carbons (Fsp3) is 0.0526. The third-order valence-electron chi connectivity index (χ3n) is 3.41. The zero-order valence-corrected chi connectivity index (χ0v) is 15.0. The lowest BCUT2D eigenvalue weighted by molar-refractivity contribution is 0.0955. The number of nitrogens with zero attached hydrogens (tertiary/aromatic N) is 1. The molecule has 0 aliphatic carbocycles. The molecule has 0 bridgehead atoms. The van der Waals surface area contributed by atoms with Gasteiger partial charge in [-0.1, -0.05) is 29.3 Å². The summed E-state index contributed by atoms with van der Waals surface area (Å²) >= 11 is 11.9. The Morgan fingerprint density at radius 3 is 2.62 bits per heavy atom. The van der Waals surface area contributed by atoms with Crippen LogP contribution in [-0.4, -0.2) is 12.1 Å². The quantitative estimate of drug-likeness (QED) is 0.480. The van der Waals surface area contributed by atoms with Crippen LogP contribution in [-0.2, 0) is 6.61 Å². The normalized spacial score (nSPS) is 10.8. The highest BCUT2D eigenvalue weighted by Crippen LogP contribution is 2.23. The number of amides is 1. The Bertz CT molecular complexity index is 907. The number of nitrogens with one attached hydrogen (secondary N) is 1. The first-order valence-corrected chi connectivity index (χ1v) is 8.41. The van der Waals surface area contributed by atoms with Gasteiger partial charge in [0.15, 0.2) is 0 Å². The molecule has 7 heteroatoms. The minimum absolute atomic E-state index is 0.330. The lowest BCUT2D eigenvalue weighted by atomic mass is 10.2. The van der Waals surface area contributed by atoms with Gasteiger partial charge in [0.2, 0.25) is 0 Å². The first-order chi connectivity index (χ1) is 12.6. The van der Waals surface area contributed by atoms with Crippen molar-refractivity contribution in [2.24, 2.45) is 5.10 Å². The molecular formula is C19H14Cl2N2O3. The van der Waals surface area contributed by atoms with Crippen LogP contribution in [0.3, 0.4) is 0 Å². The molecule has 3 rings (SSSR count). The smallest absolute Gasteiger partial charge is 0.271 e. The van der Waals surface area contributed by atoms with Crippen molar-refractivity contribution in [2.45, 2.75) is 6.61 Å². The Labute approximate surface area is 160 Å². The number of carbonyl (C=O) groups is 1. The number of hydrazone groups is 1. The first-order valence-electron chi connectivity index (χ1n) is 7.65. The van der Waals surface area contributed by atoms with E-state index < -0.39 is 0 Å². The Hall–Kier alpha value is -2.76. The molecule has 0 saturated carbocycles. The Morgan fingerprint density at radius 2 is 1.92 bits per heavy atom. The maximum absolute atomic E-state index is 12.0. The minimum atomic E-state index is -0.330. The standard InChI is InChI=1S/C19H14Cl2N2O3/c20-17-8-3-13(10-18(17)21)12-26-15-6-4-14(5-7-15)19(24)23-22-11-16-2-1-9-25-16/h1-11H,12H2,(H,23,24)/b22-11+. The van der Waals surface area contributed by atoms with E-state index in [0.717, 1.165) is 5.56 Å². The van der Waals surface area contributed by atoms with E-state index in [0.29, 0.717) is 33.7 Å². The summed E-state index contributed by atoms with van der Waals surface area (Å²) in [6, 6.07) is 15.5. The van der Waals surface area contributed by atoms with Crippen LogP contribution in [0.4, 0.5) is 0 Å². The number of benzene rings is 2. The molecule has 0 aliphatic rings. The summed E-state index contributed by atoms with van der Waals surface area (Å²) in [5.41, 5.74) is 3.79. The molecule has 0 radical (unpaired) electrons. The highest BCUT2D eigenvalue weighted by Gasteiger charge is 2.05. The van der Waals surface area contributed by atoms with E-state index in [1.54, 1.807) is 48.5 Å². The summed E-state index contributed by atoms with van der Waals surface area (Å²) in [6.45, 7) is 0.343. The zero-order valence-electron chi connectivity index (χ0n) is 13.5. The largest absolute Gasteiger partial charge is 0.489 e. The molecule has 0 unspecified atom stereocenters. The van der Waals surface area contributed by atoms with Crippen molar-refractivity contribution in [3.8, 4) is 5.75 Å². The summed E-state index contributed by atoms with van der Waals surface area (Å²) < 4.78 is 10.8. The van der Waals surface area contributed by atoms with Gasteiger partial charge in [-0.15, -0.1) is 0 Å². The number of carbonyl (C=O) groups excluding carboxylic acids is 1. The van der Waals surface area contributed by atoms with E-state index in [-0.39, 0.29) is 5.91 Å². The molecule has 0 atom stereocenters. The minimum Gasteiger partial charge on any atom is -0.489 e. The fourth-order valence-corrected chi connectivity index (χ4v) is 2.40. The van der Waals surface area contributed by atoms with E-state index in [9.17, 15) is 4.79 Å². The third-order valence-corrected chi connectivity index (χ3v) is 4.15. The van der Waals surface area contributed by atoms with E-state index in [1.165, 1.54) is 12.5 Å². The number of furan rings is 1. The molecule has 1 N–H and O–H groups in total. The molecule has 0 saturated heterocycles. The van der Waals surface area contributed by atoms with Gasteiger partial charge in [-0.25, -0.2) is 5.43 Å². The predicted octanol–water partition coefficient (Wildman–Crippen LogP) is 4.93. The van der Waals surface area contributed by atoms with Gasteiger partial charge in [0.25, 0.3) is 5.91 Å². The van der Waals surface area contributed by atoms with Crippen LogP contribution < -0.4 is 10.2 Å². The van der Waals surface area contributed by atoms with E-state index in [4.69, 9.17) is 32.4 Å². The summed E-state index contributed by atoms with van der Waals surface area (Å²) in [5.74, 6) is 0.854. The molecule has 1 aromatic heterocycles. The van der Waals surface area contributed by atoms with Gasteiger partial charge in [-0.2, -0.15) is 5.10 Å². The summed E-state index contributed by atoms with van der Waals surface area (Å²) in [6.07, 6.45) is 2.95. The lowest BCUT2D eigenvalue weighted by Gasteiger charge is -2.08. The van der Waals surface area contributed by atoms with Crippen molar-refractivity contribution in [3.05, 3.63) is 87.8 Å². The van der Waals surface area contributed by atoms with E-state index in [2.05, 4.69) is 10.5 Å². The Kier molecular flexibility index (Phi) is 5.94. The van der Waals surface area contributed by atoms with Crippen molar-refractivity contribution in [3.63, 3.8) is 0 Å². The highest BCUT2D eigenvalue weighted by molar-refractivity contribution is 6.42. The average molecular weight is 389 g/mol. The molecular weight excluding hydrogens is 375 g/mol. The topological polar surface area (TPSA) is 63.8 Å². The molecule has 0 aliphatic heterocycles. The van der Waals surface area contributed by atoms with Gasteiger partial charge in [-0.3, -0.25) is 4.79 Å². The molecule has 26 heavy (non-hydrogen) atoms. The average Bonchev–Trinajstić information content (AvgIpc) is 3.16. The number of hydrogen-bond donors (Lipinski definition) is 1. The Balaban J connectivity index is 1.54. The second-order valence-corrected chi connectivity index (χ2v) is 6.09. The van der Waals surface area contributed by atoms with Crippen molar-refractivity contribution in [2.75, 3.05) is 0 Å². The van der Waals surface area contributed by atoms with Crippen molar-refractivity contribution < 1.29 is 13.9 Å². The van der Waals surface area contributed by atoms with Gasteiger partial charge in [-0.05, 0) is 54.1 Å². The van der Waals surface area contributed by atoms with Gasteiger partial charge in [0.1, 0.15) is 18.1 Å². The highest BCUT2D eigenvalue weighted by atomic mass is 35.5. The zero-order chi connectivity index (χ0) is 18.4. The third kappa shape index (κ3) is 4.88. The second kappa shape index (κ2) is 8.56. The van der Waals surface area contributed by atoms with Crippen LogP contribution in [0.2, 0.25) is 10.0 Å². The van der Waals surface area contributed by atoms with Gasteiger partial charge < -0.3 is 9.15 Å². The molecule has 0 fully saturated rings. The van der Waals surface area contributed by atoms with Crippen LogP contribution in [0, 0.1) is 0 Å². The SMILES string of the molecule is O=C(N/N=C/c1ccco1)c1ccc(OCc2ccc(Cl)c(Cl)c2)cc1. The Morgan fingerprint density at radius 1 is 1.12 bits per heavy atom. The number of rotatable bonds is 6. The van der Waals surface area contributed by atoms with Crippen LogP contribution in [0.25, 0.3) is 0 Å². The molecule has 132 valence electrons. The maximum atomic E-state index is 12.0. The van der Waals surface area contributed by atoms with Crippen LogP contribution >= 0.6 is 23.2 Å². The molecule has 1 heterocycles. The molecule has 2 aromatic carbocycles. The second-order valence-electron chi connectivity index (χ2n) is 5.28. The van der Waals surface area contributed by atoms with E-state index >= 15 is 0 Å². The van der Waals surface area contributed by atoms with Crippen molar-refractivity contribution in [1.82, 2.24) is 5.43 Å². The summed E-state index contributed by atoms with van der Waals surface area (Å²) in [7, 11) is 0. The predicted molar refractivity (Wildman–Crippen MR) is 101 cm³/mol. The molecule has 0 spiro atoms. The number of halogens is 2. The van der Waals surface area contributed by atoms with Crippen molar-refractivity contribution in [1.29, 1.82) is 0 Å². The van der Waals surface area contributed by atoms with Crippen LogP contribution in [0.1, 0.15) is 21.7 Å².